The van der Waals surface area contributed by atoms with Crippen LogP contribution in [-0.2, 0) is 10.0 Å². The lowest BCUT2D eigenvalue weighted by Gasteiger charge is -2.25. The molecule has 1 fully saturated rings. The van der Waals surface area contributed by atoms with Gasteiger partial charge in [-0.2, -0.15) is 4.31 Å². The molecule has 172 valence electrons. The third-order valence-corrected chi connectivity index (χ3v) is 8.28. The molecule has 0 radical (unpaired) electrons. The van der Waals surface area contributed by atoms with Crippen molar-refractivity contribution in [1.29, 1.82) is 0 Å². The molecule has 8 nitrogen and oxygen atoms in total. The van der Waals surface area contributed by atoms with Crippen LogP contribution in [0.15, 0.2) is 61.4 Å². The van der Waals surface area contributed by atoms with Crippen molar-refractivity contribution in [2.45, 2.75) is 41.6 Å². The van der Waals surface area contributed by atoms with Gasteiger partial charge in [-0.3, -0.25) is 0 Å². The van der Waals surface area contributed by atoms with E-state index in [1.54, 1.807) is 30.3 Å². The molecule has 33 heavy (non-hydrogen) atoms. The van der Waals surface area contributed by atoms with Crippen molar-refractivity contribution in [3.8, 4) is 11.5 Å². The van der Waals surface area contributed by atoms with Gasteiger partial charge in [-0.25, -0.2) is 17.8 Å². The number of fused-ring (bicyclic) bond motifs is 1. The van der Waals surface area contributed by atoms with Gasteiger partial charge in [-0.05, 0) is 62.2 Å². The minimum Gasteiger partial charge on any atom is -0.431 e. The van der Waals surface area contributed by atoms with Gasteiger partial charge in [-0.15, -0.1) is 10.2 Å². The maximum atomic E-state index is 13.1. The Balaban J connectivity index is 1.34. The van der Waals surface area contributed by atoms with Crippen LogP contribution < -0.4 is 0 Å². The Bertz CT molecular complexity index is 1380. The van der Waals surface area contributed by atoms with Crippen LogP contribution in [0.25, 0.3) is 22.6 Å². The Morgan fingerprint density at radius 3 is 2.55 bits per heavy atom. The van der Waals surface area contributed by atoms with Crippen LogP contribution in [0.2, 0.25) is 0 Å². The molecule has 0 aliphatic carbocycles. The lowest BCUT2D eigenvalue weighted by atomic mass is 10.2. The van der Waals surface area contributed by atoms with Crippen LogP contribution in [-0.4, -0.2) is 41.0 Å². The highest BCUT2D eigenvalue weighted by Gasteiger charge is 2.27. The molecule has 0 spiro atoms. The Hall–Kier alpha value is -2.76. The highest BCUT2D eigenvalue weighted by atomic mass is 32.2. The first-order valence-electron chi connectivity index (χ1n) is 10.6. The first-order valence-corrected chi connectivity index (χ1v) is 12.9. The van der Waals surface area contributed by atoms with Gasteiger partial charge in [-0.1, -0.05) is 18.2 Å². The second-order valence-corrected chi connectivity index (χ2v) is 11.0. The number of rotatable bonds is 6. The monoisotopic (exact) mass is 488 g/mol. The van der Waals surface area contributed by atoms with Crippen LogP contribution in [0.4, 0.5) is 4.39 Å². The van der Waals surface area contributed by atoms with Crippen molar-refractivity contribution in [1.82, 2.24) is 19.5 Å². The highest BCUT2D eigenvalue weighted by molar-refractivity contribution is 7.99. The standard InChI is InChI=1S/C22H21FN4O4S2/c1-14(20-25-26-21(31-20)15-5-7-16(23)8-6-15)32-22-24-18-13-17(9-10-19(18)30-22)33(28,29)27-11-3-2-4-12-27/h5-10,13-14H,2-4,11-12H2,1H3. The van der Waals surface area contributed by atoms with Gasteiger partial charge in [0.05, 0.1) is 10.1 Å². The molecule has 2 aromatic heterocycles. The summed E-state index contributed by atoms with van der Waals surface area (Å²) in [4.78, 5) is 4.67. The lowest BCUT2D eigenvalue weighted by Crippen LogP contribution is -2.35. The van der Waals surface area contributed by atoms with E-state index in [4.69, 9.17) is 8.83 Å². The highest BCUT2D eigenvalue weighted by Crippen LogP contribution is 2.36. The molecule has 5 rings (SSSR count). The largest absolute Gasteiger partial charge is 0.431 e. The van der Waals surface area contributed by atoms with Crippen molar-refractivity contribution in [2.24, 2.45) is 0 Å². The zero-order chi connectivity index (χ0) is 23.0. The van der Waals surface area contributed by atoms with E-state index < -0.39 is 10.0 Å². The van der Waals surface area contributed by atoms with Gasteiger partial charge in [0.2, 0.25) is 21.8 Å². The molecule has 3 heterocycles. The fraction of sp³-hybridized carbons (Fsp3) is 0.318. The molecule has 1 saturated heterocycles. The summed E-state index contributed by atoms with van der Waals surface area (Å²) in [5, 5.41) is 8.21. The van der Waals surface area contributed by atoms with E-state index >= 15 is 0 Å². The number of aromatic nitrogens is 3. The van der Waals surface area contributed by atoms with Crippen molar-refractivity contribution in [3.05, 3.63) is 54.2 Å². The van der Waals surface area contributed by atoms with E-state index in [0.29, 0.717) is 46.8 Å². The number of thioether (sulfide) groups is 1. The van der Waals surface area contributed by atoms with Gasteiger partial charge in [0.15, 0.2) is 5.58 Å². The predicted octanol–water partition coefficient (Wildman–Crippen LogP) is 5.04. The molecule has 0 bridgehead atoms. The topological polar surface area (TPSA) is 102 Å². The number of nitrogens with zero attached hydrogens (tertiary/aromatic N) is 4. The Morgan fingerprint density at radius 1 is 1.03 bits per heavy atom. The van der Waals surface area contributed by atoms with Crippen molar-refractivity contribution < 1.29 is 21.6 Å². The number of hydrogen-bond acceptors (Lipinski definition) is 8. The number of halogens is 1. The van der Waals surface area contributed by atoms with Crippen LogP contribution in [0, 0.1) is 5.82 Å². The summed E-state index contributed by atoms with van der Waals surface area (Å²) in [6.07, 6.45) is 2.81. The van der Waals surface area contributed by atoms with Crippen LogP contribution in [0.1, 0.15) is 37.3 Å². The Labute approximate surface area is 194 Å². The third kappa shape index (κ3) is 4.53. The number of sulfonamides is 1. The first-order chi connectivity index (χ1) is 15.9. The van der Waals surface area contributed by atoms with E-state index in [1.807, 2.05) is 6.92 Å². The van der Waals surface area contributed by atoms with E-state index in [-0.39, 0.29) is 16.0 Å². The predicted molar refractivity (Wildman–Crippen MR) is 121 cm³/mol. The summed E-state index contributed by atoms with van der Waals surface area (Å²) < 4.78 is 52.1. The third-order valence-electron chi connectivity index (χ3n) is 5.45. The maximum Gasteiger partial charge on any atom is 0.257 e. The number of oxazole rings is 1. The molecule has 1 atom stereocenters. The van der Waals surface area contributed by atoms with E-state index in [2.05, 4.69) is 15.2 Å². The number of hydrogen-bond donors (Lipinski definition) is 0. The van der Waals surface area contributed by atoms with E-state index in [1.165, 1.54) is 28.2 Å². The molecule has 1 aliphatic heterocycles. The van der Waals surface area contributed by atoms with Crippen molar-refractivity contribution >= 4 is 32.9 Å². The summed E-state index contributed by atoms with van der Waals surface area (Å²) in [5.74, 6) is 0.322. The van der Waals surface area contributed by atoms with Crippen molar-refractivity contribution in [3.63, 3.8) is 0 Å². The Kier molecular flexibility index (Phi) is 5.94. The van der Waals surface area contributed by atoms with E-state index in [0.717, 1.165) is 19.3 Å². The fourth-order valence-corrected chi connectivity index (χ4v) is 5.99. The Morgan fingerprint density at radius 2 is 1.79 bits per heavy atom. The molecule has 1 unspecified atom stereocenters. The fourth-order valence-electron chi connectivity index (χ4n) is 3.66. The summed E-state index contributed by atoms with van der Waals surface area (Å²) in [7, 11) is -3.55. The average Bonchev–Trinajstić information content (AvgIpc) is 3.46. The number of piperidine rings is 1. The minimum atomic E-state index is -3.55. The average molecular weight is 489 g/mol. The summed E-state index contributed by atoms with van der Waals surface area (Å²) in [5.41, 5.74) is 1.59. The zero-order valence-corrected chi connectivity index (χ0v) is 19.4. The molecular weight excluding hydrogens is 467 g/mol. The molecule has 0 amide bonds. The summed E-state index contributed by atoms with van der Waals surface area (Å²) >= 11 is 1.28. The molecule has 4 aromatic rings. The molecular formula is C22H21FN4O4S2. The van der Waals surface area contributed by atoms with Gasteiger partial charge in [0, 0.05) is 18.7 Å². The van der Waals surface area contributed by atoms with Gasteiger partial charge >= 0.3 is 0 Å². The lowest BCUT2D eigenvalue weighted by molar-refractivity contribution is 0.346. The summed E-state index contributed by atoms with van der Waals surface area (Å²) in [6, 6.07) is 10.5. The number of benzene rings is 2. The first kappa shape index (κ1) is 22.1. The van der Waals surface area contributed by atoms with Crippen LogP contribution in [0.3, 0.4) is 0 Å². The van der Waals surface area contributed by atoms with Crippen LogP contribution >= 0.6 is 11.8 Å². The molecule has 0 saturated carbocycles. The molecule has 1 aliphatic rings. The minimum absolute atomic E-state index is 0.218. The molecule has 0 N–H and O–H groups in total. The van der Waals surface area contributed by atoms with E-state index in [9.17, 15) is 12.8 Å². The zero-order valence-electron chi connectivity index (χ0n) is 17.8. The normalized spacial score (nSPS) is 16.3. The van der Waals surface area contributed by atoms with Gasteiger partial charge < -0.3 is 8.83 Å². The second kappa shape index (κ2) is 8.88. The van der Waals surface area contributed by atoms with Crippen molar-refractivity contribution in [2.75, 3.05) is 13.1 Å². The maximum absolute atomic E-state index is 13.1. The second-order valence-electron chi connectivity index (χ2n) is 7.79. The molecule has 11 heteroatoms. The quantitative estimate of drug-likeness (QED) is 0.348. The van der Waals surface area contributed by atoms with Crippen LogP contribution in [0.5, 0.6) is 0 Å². The summed E-state index contributed by atoms with van der Waals surface area (Å²) in [6.45, 7) is 2.96. The van der Waals surface area contributed by atoms with Gasteiger partial charge in [0.1, 0.15) is 11.3 Å². The SMILES string of the molecule is CC(Sc1nc2cc(S(=O)(=O)N3CCCCC3)ccc2o1)c1nnc(-c2ccc(F)cc2)o1. The molecule has 2 aromatic carbocycles. The smallest absolute Gasteiger partial charge is 0.257 e. The van der Waals surface area contributed by atoms with Gasteiger partial charge in [0.25, 0.3) is 5.22 Å².